The average molecular weight is 270 g/mol. The number of unbranched alkanes of at least 4 members (excludes halogenated alkanes) is 1. The Kier molecular flexibility index (Phi) is 6.09. The van der Waals surface area contributed by atoms with Crippen LogP contribution in [0.5, 0.6) is 0 Å². The summed E-state index contributed by atoms with van der Waals surface area (Å²) in [6.45, 7) is 3.54. The summed E-state index contributed by atoms with van der Waals surface area (Å²) < 4.78 is 0. The first-order valence-electron chi connectivity index (χ1n) is 6.06. The van der Waals surface area contributed by atoms with Crippen molar-refractivity contribution < 1.29 is 4.79 Å². The Labute approximate surface area is 113 Å². The second-order valence-corrected chi connectivity index (χ2v) is 4.98. The number of aryl methyl sites for hydroxylation is 1. The third-order valence-corrected chi connectivity index (χ3v) is 2.87. The Morgan fingerprint density at radius 3 is 2.78 bits per heavy atom. The van der Waals surface area contributed by atoms with Crippen LogP contribution in [-0.4, -0.2) is 43.0 Å². The number of pyridine rings is 1. The molecule has 1 N–H and O–H groups in total. The van der Waals surface area contributed by atoms with E-state index in [1.165, 1.54) is 6.20 Å². The number of carbonyl (C=O) groups is 1. The molecule has 1 amide bonds. The molecule has 1 aromatic rings. The maximum atomic E-state index is 11.8. The van der Waals surface area contributed by atoms with E-state index in [2.05, 4.69) is 15.2 Å². The molecule has 0 bridgehead atoms. The molecule has 1 aromatic heterocycles. The van der Waals surface area contributed by atoms with Crippen LogP contribution in [-0.2, 0) is 0 Å². The minimum atomic E-state index is -0.155. The zero-order valence-corrected chi connectivity index (χ0v) is 11.9. The molecule has 0 aliphatic heterocycles. The van der Waals surface area contributed by atoms with E-state index < -0.39 is 0 Å². The highest BCUT2D eigenvalue weighted by Crippen LogP contribution is 2.15. The van der Waals surface area contributed by atoms with E-state index in [0.717, 1.165) is 25.1 Å². The molecule has 5 heteroatoms. The lowest BCUT2D eigenvalue weighted by atomic mass is 10.2. The number of hydrogen-bond donors (Lipinski definition) is 1. The molecule has 1 rings (SSSR count). The predicted octanol–water partition coefficient (Wildman–Crippen LogP) is 2.12. The smallest absolute Gasteiger partial charge is 0.254 e. The van der Waals surface area contributed by atoms with E-state index in [1.54, 1.807) is 6.07 Å². The Hall–Kier alpha value is -1.13. The van der Waals surface area contributed by atoms with Crippen molar-refractivity contribution in [2.75, 3.05) is 27.2 Å². The lowest BCUT2D eigenvalue weighted by molar-refractivity contribution is 0.0952. The fraction of sp³-hybridized carbons (Fsp3) is 0.538. The Bertz CT molecular complexity index is 407. The van der Waals surface area contributed by atoms with Gasteiger partial charge in [-0.2, -0.15) is 0 Å². The summed E-state index contributed by atoms with van der Waals surface area (Å²) in [6, 6.07) is 1.70. The molecule has 0 aliphatic carbocycles. The quantitative estimate of drug-likeness (QED) is 0.805. The van der Waals surface area contributed by atoms with Crippen molar-refractivity contribution in [3.8, 4) is 0 Å². The fourth-order valence-electron chi connectivity index (χ4n) is 1.54. The van der Waals surface area contributed by atoms with Gasteiger partial charge in [-0.05, 0) is 46.5 Å². The summed E-state index contributed by atoms with van der Waals surface area (Å²) >= 11 is 6.00. The number of aromatic nitrogens is 1. The zero-order valence-electron chi connectivity index (χ0n) is 11.2. The largest absolute Gasteiger partial charge is 0.352 e. The van der Waals surface area contributed by atoms with Crippen molar-refractivity contribution in [3.63, 3.8) is 0 Å². The van der Waals surface area contributed by atoms with Crippen molar-refractivity contribution >= 4 is 17.5 Å². The molecular formula is C13H20ClN3O. The number of nitrogens with zero attached hydrogens (tertiary/aromatic N) is 2. The summed E-state index contributed by atoms with van der Waals surface area (Å²) in [5.41, 5.74) is 1.25. The van der Waals surface area contributed by atoms with E-state index in [1.807, 2.05) is 21.0 Å². The second-order valence-electron chi connectivity index (χ2n) is 4.57. The number of rotatable bonds is 6. The minimum absolute atomic E-state index is 0.155. The molecule has 0 fully saturated rings. The fourth-order valence-corrected chi connectivity index (χ4v) is 1.84. The van der Waals surface area contributed by atoms with Crippen LogP contribution in [0.4, 0.5) is 0 Å². The molecule has 0 unspecified atom stereocenters. The van der Waals surface area contributed by atoms with Crippen molar-refractivity contribution in [2.45, 2.75) is 19.8 Å². The molecule has 0 aromatic carbocycles. The Morgan fingerprint density at radius 2 is 2.17 bits per heavy atom. The van der Waals surface area contributed by atoms with E-state index >= 15 is 0 Å². The standard InChI is InChI=1S/C13H20ClN3O/c1-10-8-12(14)11(9-16-10)13(18)15-6-4-5-7-17(2)3/h8-9H,4-7H2,1-3H3,(H,15,18). The summed E-state index contributed by atoms with van der Waals surface area (Å²) in [5.74, 6) is -0.155. The van der Waals surface area contributed by atoms with Gasteiger partial charge in [0.25, 0.3) is 5.91 Å². The summed E-state index contributed by atoms with van der Waals surface area (Å²) in [6.07, 6.45) is 3.54. The van der Waals surface area contributed by atoms with Gasteiger partial charge in [0.1, 0.15) is 0 Å². The van der Waals surface area contributed by atoms with Crippen molar-refractivity contribution in [1.82, 2.24) is 15.2 Å². The maximum absolute atomic E-state index is 11.8. The normalized spacial score (nSPS) is 10.7. The van der Waals surface area contributed by atoms with E-state index in [9.17, 15) is 4.79 Å². The first-order chi connectivity index (χ1) is 8.50. The van der Waals surface area contributed by atoms with Gasteiger partial charge in [0.2, 0.25) is 0 Å². The summed E-state index contributed by atoms with van der Waals surface area (Å²) in [7, 11) is 4.08. The number of hydrogen-bond acceptors (Lipinski definition) is 3. The Balaban J connectivity index is 2.36. The van der Waals surface area contributed by atoms with Crippen molar-refractivity contribution in [1.29, 1.82) is 0 Å². The van der Waals surface area contributed by atoms with Gasteiger partial charge in [0.15, 0.2) is 0 Å². The van der Waals surface area contributed by atoms with Crippen LogP contribution in [0.2, 0.25) is 5.02 Å². The van der Waals surface area contributed by atoms with Crippen LogP contribution in [0, 0.1) is 6.92 Å². The molecule has 4 nitrogen and oxygen atoms in total. The van der Waals surface area contributed by atoms with Crippen LogP contribution in [0.3, 0.4) is 0 Å². The molecule has 1 heterocycles. The highest BCUT2D eigenvalue weighted by Gasteiger charge is 2.10. The van der Waals surface area contributed by atoms with Crippen LogP contribution >= 0.6 is 11.6 Å². The molecule has 0 saturated heterocycles. The van der Waals surface area contributed by atoms with Gasteiger partial charge in [-0.3, -0.25) is 9.78 Å². The molecular weight excluding hydrogens is 250 g/mol. The van der Waals surface area contributed by atoms with Crippen molar-refractivity contribution in [3.05, 3.63) is 28.5 Å². The van der Waals surface area contributed by atoms with E-state index in [-0.39, 0.29) is 5.91 Å². The molecule has 0 aliphatic rings. The highest BCUT2D eigenvalue weighted by molar-refractivity contribution is 6.33. The number of amides is 1. The second kappa shape index (κ2) is 7.34. The molecule has 0 atom stereocenters. The molecule has 0 saturated carbocycles. The first-order valence-corrected chi connectivity index (χ1v) is 6.43. The minimum Gasteiger partial charge on any atom is -0.352 e. The van der Waals surface area contributed by atoms with Gasteiger partial charge in [0.05, 0.1) is 10.6 Å². The van der Waals surface area contributed by atoms with Gasteiger partial charge in [-0.15, -0.1) is 0 Å². The van der Waals surface area contributed by atoms with Crippen LogP contribution in [0.25, 0.3) is 0 Å². The molecule has 100 valence electrons. The number of halogens is 1. The van der Waals surface area contributed by atoms with Gasteiger partial charge < -0.3 is 10.2 Å². The SMILES string of the molecule is Cc1cc(Cl)c(C(=O)NCCCCN(C)C)cn1. The summed E-state index contributed by atoms with van der Waals surface area (Å²) in [5, 5.41) is 3.30. The third-order valence-electron chi connectivity index (χ3n) is 2.55. The van der Waals surface area contributed by atoms with E-state index in [4.69, 9.17) is 11.6 Å². The van der Waals surface area contributed by atoms with Crippen LogP contribution in [0.15, 0.2) is 12.3 Å². The maximum Gasteiger partial charge on any atom is 0.254 e. The van der Waals surface area contributed by atoms with Gasteiger partial charge >= 0.3 is 0 Å². The van der Waals surface area contributed by atoms with Gasteiger partial charge in [-0.1, -0.05) is 11.6 Å². The van der Waals surface area contributed by atoms with Crippen molar-refractivity contribution in [2.24, 2.45) is 0 Å². The predicted molar refractivity (Wildman–Crippen MR) is 74.1 cm³/mol. The number of nitrogens with one attached hydrogen (secondary N) is 1. The zero-order chi connectivity index (χ0) is 13.5. The molecule has 18 heavy (non-hydrogen) atoms. The van der Waals surface area contributed by atoms with E-state index in [0.29, 0.717) is 17.1 Å². The summed E-state index contributed by atoms with van der Waals surface area (Å²) in [4.78, 5) is 18.0. The van der Waals surface area contributed by atoms with Crippen LogP contribution in [0.1, 0.15) is 28.9 Å². The molecule has 0 spiro atoms. The molecule has 0 radical (unpaired) electrons. The monoisotopic (exact) mass is 269 g/mol. The topological polar surface area (TPSA) is 45.2 Å². The number of carbonyl (C=O) groups excluding carboxylic acids is 1. The Morgan fingerprint density at radius 1 is 1.44 bits per heavy atom. The third kappa shape index (κ3) is 5.02. The first kappa shape index (κ1) is 14.9. The lowest BCUT2D eigenvalue weighted by Gasteiger charge is -2.10. The van der Waals surface area contributed by atoms with Gasteiger partial charge in [0, 0.05) is 18.4 Å². The van der Waals surface area contributed by atoms with Crippen LogP contribution < -0.4 is 5.32 Å². The average Bonchev–Trinajstić information content (AvgIpc) is 2.27. The van der Waals surface area contributed by atoms with Gasteiger partial charge in [-0.25, -0.2) is 0 Å². The lowest BCUT2D eigenvalue weighted by Crippen LogP contribution is -2.25. The highest BCUT2D eigenvalue weighted by atomic mass is 35.5.